The van der Waals surface area contributed by atoms with Crippen molar-refractivity contribution in [3.8, 4) is 0 Å². The van der Waals surface area contributed by atoms with Crippen molar-refractivity contribution in [1.29, 1.82) is 0 Å². The molecule has 0 bridgehead atoms. The van der Waals surface area contributed by atoms with Gasteiger partial charge in [-0.3, -0.25) is 4.79 Å². The van der Waals surface area contributed by atoms with Crippen LogP contribution in [0.3, 0.4) is 0 Å². The third-order valence-corrected chi connectivity index (χ3v) is 4.99. The maximum absolute atomic E-state index is 12.5. The number of carbonyl (C=O) groups is 1. The molecule has 3 nitrogen and oxygen atoms in total. The lowest BCUT2D eigenvalue weighted by molar-refractivity contribution is 0.0953. The molecule has 0 atom stereocenters. The van der Waals surface area contributed by atoms with Gasteiger partial charge in [-0.1, -0.05) is 30.3 Å². The summed E-state index contributed by atoms with van der Waals surface area (Å²) < 4.78 is 2.30. The van der Waals surface area contributed by atoms with E-state index < -0.39 is 0 Å². The molecule has 3 heteroatoms. The quantitative estimate of drug-likeness (QED) is 0.655. The summed E-state index contributed by atoms with van der Waals surface area (Å²) in [5.74, 6) is 0.0104. The van der Waals surface area contributed by atoms with Crippen LogP contribution in [-0.2, 0) is 13.0 Å². The molecular formula is C22H26N2O. The fraction of sp³-hybridized carbons (Fsp3) is 0.318. The van der Waals surface area contributed by atoms with Crippen LogP contribution in [0.15, 0.2) is 48.5 Å². The average Bonchev–Trinajstić information content (AvgIpc) is 2.89. The number of nitrogens with zero attached hydrogens (tertiary/aromatic N) is 1. The van der Waals surface area contributed by atoms with Crippen molar-refractivity contribution >= 4 is 16.8 Å². The smallest absolute Gasteiger partial charge is 0.251 e. The summed E-state index contributed by atoms with van der Waals surface area (Å²) in [5.41, 5.74) is 5.79. The molecule has 3 rings (SSSR count). The number of fused-ring (bicyclic) bond motifs is 1. The number of carbonyl (C=O) groups excluding carboxylic acids is 1. The molecule has 0 saturated heterocycles. The van der Waals surface area contributed by atoms with Gasteiger partial charge >= 0.3 is 0 Å². The van der Waals surface area contributed by atoms with E-state index in [1.165, 1.54) is 27.7 Å². The molecule has 1 aromatic heterocycles. The normalized spacial score (nSPS) is 11.0. The van der Waals surface area contributed by atoms with Crippen LogP contribution < -0.4 is 5.32 Å². The number of amides is 1. The summed E-state index contributed by atoms with van der Waals surface area (Å²) in [4.78, 5) is 12.5. The molecule has 0 radical (unpaired) electrons. The van der Waals surface area contributed by atoms with Crippen LogP contribution in [-0.4, -0.2) is 17.0 Å². The van der Waals surface area contributed by atoms with Gasteiger partial charge in [0.1, 0.15) is 0 Å². The zero-order chi connectivity index (χ0) is 17.8. The Hall–Kier alpha value is -2.55. The van der Waals surface area contributed by atoms with Gasteiger partial charge in [0.05, 0.1) is 0 Å². The molecule has 2 aromatic carbocycles. The van der Waals surface area contributed by atoms with Gasteiger partial charge in [-0.25, -0.2) is 0 Å². The summed E-state index contributed by atoms with van der Waals surface area (Å²) >= 11 is 0. The summed E-state index contributed by atoms with van der Waals surface area (Å²) in [6.07, 6.45) is 1.93. The van der Waals surface area contributed by atoms with Gasteiger partial charge in [0.2, 0.25) is 0 Å². The predicted molar refractivity (Wildman–Crippen MR) is 104 cm³/mol. The Morgan fingerprint density at radius 1 is 1.08 bits per heavy atom. The van der Waals surface area contributed by atoms with Gasteiger partial charge in [0, 0.05) is 35.2 Å². The van der Waals surface area contributed by atoms with E-state index in [1.807, 2.05) is 18.2 Å². The van der Waals surface area contributed by atoms with E-state index in [2.05, 4.69) is 61.0 Å². The fourth-order valence-corrected chi connectivity index (χ4v) is 3.44. The molecule has 1 amide bonds. The number of nitrogens with one attached hydrogen (secondary N) is 1. The Bertz CT molecular complexity index is 878. The van der Waals surface area contributed by atoms with Crippen molar-refractivity contribution < 1.29 is 4.79 Å². The SMILES string of the molecule is CCn1c(C)c(C)c2cc(C(=O)NCCCc3ccccc3)ccc21. The second-order valence-electron chi connectivity index (χ2n) is 6.53. The molecule has 0 aliphatic rings. The second-order valence-corrected chi connectivity index (χ2v) is 6.53. The van der Waals surface area contributed by atoms with Crippen LogP contribution in [0.25, 0.3) is 10.9 Å². The molecule has 0 spiro atoms. The minimum absolute atomic E-state index is 0.0104. The van der Waals surface area contributed by atoms with Gasteiger partial charge in [-0.05, 0) is 62.9 Å². The molecule has 1 N–H and O–H groups in total. The Balaban J connectivity index is 1.65. The predicted octanol–water partition coefficient (Wildman–Crippen LogP) is 4.64. The summed E-state index contributed by atoms with van der Waals surface area (Å²) in [6.45, 7) is 8.06. The monoisotopic (exact) mass is 334 g/mol. The van der Waals surface area contributed by atoms with Crippen LogP contribution in [0.2, 0.25) is 0 Å². The molecule has 0 aliphatic heterocycles. The zero-order valence-electron chi connectivity index (χ0n) is 15.3. The van der Waals surface area contributed by atoms with Crippen molar-refractivity contribution in [2.45, 2.75) is 40.2 Å². The van der Waals surface area contributed by atoms with Crippen molar-refractivity contribution in [3.63, 3.8) is 0 Å². The first-order valence-electron chi connectivity index (χ1n) is 9.03. The second kappa shape index (κ2) is 7.56. The third kappa shape index (κ3) is 3.60. The van der Waals surface area contributed by atoms with Crippen LogP contribution in [0.5, 0.6) is 0 Å². The fourth-order valence-electron chi connectivity index (χ4n) is 3.44. The lowest BCUT2D eigenvalue weighted by atomic mass is 10.1. The summed E-state index contributed by atoms with van der Waals surface area (Å²) in [5, 5.41) is 4.22. The van der Waals surface area contributed by atoms with Crippen molar-refractivity contribution in [2.75, 3.05) is 6.54 Å². The highest BCUT2D eigenvalue weighted by atomic mass is 16.1. The van der Waals surface area contributed by atoms with E-state index in [4.69, 9.17) is 0 Å². The standard InChI is InChI=1S/C22H26N2O/c1-4-24-17(3)16(2)20-15-19(12-13-21(20)24)22(25)23-14-8-11-18-9-6-5-7-10-18/h5-7,9-10,12-13,15H,4,8,11,14H2,1-3H3,(H,23,25). The van der Waals surface area contributed by atoms with E-state index in [0.717, 1.165) is 24.9 Å². The van der Waals surface area contributed by atoms with Crippen molar-refractivity contribution in [3.05, 3.63) is 70.9 Å². The van der Waals surface area contributed by atoms with E-state index >= 15 is 0 Å². The molecule has 0 saturated carbocycles. The lowest BCUT2D eigenvalue weighted by Gasteiger charge is -2.07. The number of hydrogen-bond acceptors (Lipinski definition) is 1. The van der Waals surface area contributed by atoms with Gasteiger partial charge in [0.15, 0.2) is 0 Å². The molecular weight excluding hydrogens is 308 g/mol. The first kappa shape index (κ1) is 17.3. The molecule has 0 fully saturated rings. The number of aryl methyl sites for hydroxylation is 3. The lowest BCUT2D eigenvalue weighted by Crippen LogP contribution is -2.24. The molecule has 1 heterocycles. The minimum atomic E-state index is 0.0104. The summed E-state index contributed by atoms with van der Waals surface area (Å²) in [7, 11) is 0. The highest BCUT2D eigenvalue weighted by Gasteiger charge is 2.12. The first-order valence-corrected chi connectivity index (χ1v) is 9.03. The highest BCUT2D eigenvalue weighted by molar-refractivity contribution is 5.99. The number of hydrogen-bond donors (Lipinski definition) is 1. The van der Waals surface area contributed by atoms with Crippen LogP contribution in [0, 0.1) is 13.8 Å². The third-order valence-electron chi connectivity index (χ3n) is 4.99. The van der Waals surface area contributed by atoms with Crippen LogP contribution in [0.4, 0.5) is 0 Å². The van der Waals surface area contributed by atoms with Crippen LogP contribution in [0.1, 0.15) is 40.5 Å². The summed E-state index contributed by atoms with van der Waals surface area (Å²) in [6, 6.07) is 16.4. The minimum Gasteiger partial charge on any atom is -0.352 e. The zero-order valence-corrected chi connectivity index (χ0v) is 15.3. The highest BCUT2D eigenvalue weighted by Crippen LogP contribution is 2.26. The van der Waals surface area contributed by atoms with Crippen molar-refractivity contribution in [1.82, 2.24) is 9.88 Å². The molecule has 0 aliphatic carbocycles. The van der Waals surface area contributed by atoms with E-state index in [-0.39, 0.29) is 5.91 Å². The van der Waals surface area contributed by atoms with Gasteiger partial charge in [-0.15, -0.1) is 0 Å². The number of rotatable bonds is 6. The maximum Gasteiger partial charge on any atom is 0.251 e. The van der Waals surface area contributed by atoms with E-state index in [9.17, 15) is 4.79 Å². The largest absolute Gasteiger partial charge is 0.352 e. The molecule has 25 heavy (non-hydrogen) atoms. The Morgan fingerprint density at radius 3 is 2.56 bits per heavy atom. The topological polar surface area (TPSA) is 34.0 Å². The number of aromatic nitrogens is 1. The van der Waals surface area contributed by atoms with Gasteiger partial charge < -0.3 is 9.88 Å². The molecule has 3 aromatic rings. The van der Waals surface area contributed by atoms with Gasteiger partial charge in [0.25, 0.3) is 5.91 Å². The van der Waals surface area contributed by atoms with Gasteiger partial charge in [-0.2, -0.15) is 0 Å². The first-order chi connectivity index (χ1) is 12.1. The van der Waals surface area contributed by atoms with E-state index in [1.54, 1.807) is 0 Å². The Kier molecular flexibility index (Phi) is 5.22. The van der Waals surface area contributed by atoms with Crippen molar-refractivity contribution in [2.24, 2.45) is 0 Å². The Morgan fingerprint density at radius 2 is 1.84 bits per heavy atom. The average molecular weight is 334 g/mol. The Labute approximate surface area is 149 Å². The molecule has 0 unspecified atom stereocenters. The molecule has 130 valence electrons. The van der Waals surface area contributed by atoms with E-state index in [0.29, 0.717) is 6.54 Å². The van der Waals surface area contributed by atoms with Crippen LogP contribution >= 0.6 is 0 Å². The number of benzene rings is 2. The maximum atomic E-state index is 12.5.